The Morgan fingerprint density at radius 1 is 1.60 bits per heavy atom. The van der Waals surface area contributed by atoms with Gasteiger partial charge in [0.25, 0.3) is 0 Å². The molecule has 1 unspecified atom stereocenters. The van der Waals surface area contributed by atoms with E-state index in [1.54, 1.807) is 0 Å². The van der Waals surface area contributed by atoms with Crippen LogP contribution in [0.5, 0.6) is 0 Å². The molecule has 0 aromatic carbocycles. The van der Waals surface area contributed by atoms with Crippen LogP contribution in [-0.2, 0) is 0 Å². The van der Waals surface area contributed by atoms with Crippen LogP contribution in [0.15, 0.2) is 0 Å². The summed E-state index contributed by atoms with van der Waals surface area (Å²) >= 11 is 0. The smallest absolute Gasteiger partial charge is 0.0265 e. The average Bonchev–Trinajstić information content (AvgIpc) is 1.38. The molecule has 0 amide bonds. The fourth-order valence-corrected chi connectivity index (χ4v) is 0. The van der Waals surface area contributed by atoms with Crippen molar-refractivity contribution in [1.29, 1.82) is 0 Å². The summed E-state index contributed by atoms with van der Waals surface area (Å²) in [6, 6.07) is 0. The van der Waals surface area contributed by atoms with Gasteiger partial charge in [-0.2, -0.15) is 0 Å². The Morgan fingerprint density at radius 3 is 1.80 bits per heavy atom. The van der Waals surface area contributed by atoms with Gasteiger partial charge in [-0.3, -0.25) is 0 Å². The fraction of sp³-hybridized carbons (Fsp3) is 0.750. The van der Waals surface area contributed by atoms with Gasteiger partial charge in [0.2, 0.25) is 0 Å². The van der Waals surface area contributed by atoms with E-state index in [1.807, 2.05) is 0 Å². The predicted molar refractivity (Wildman–Crippen MR) is 29.2 cm³/mol. The van der Waals surface area contributed by atoms with Crippen LogP contribution in [0, 0.1) is 5.92 Å². The first-order valence-corrected chi connectivity index (χ1v) is 2.58. The van der Waals surface area contributed by atoms with Crippen molar-refractivity contribution < 1.29 is 0 Å². The Kier molecular flexibility index (Phi) is 2.88. The second-order valence-corrected chi connectivity index (χ2v) is 1.82. The van der Waals surface area contributed by atoms with Gasteiger partial charge in [-0.05, 0) is 12.1 Å². The van der Waals surface area contributed by atoms with Crippen LogP contribution >= 0.6 is 9.24 Å². The van der Waals surface area contributed by atoms with Crippen molar-refractivity contribution in [2.24, 2.45) is 0 Å². The first-order chi connectivity index (χ1) is 2.27. The third-order valence-electron chi connectivity index (χ3n) is 0.408. The zero-order chi connectivity index (χ0) is 4.28. The molecule has 0 nitrogen and oxygen atoms in total. The summed E-state index contributed by atoms with van der Waals surface area (Å²) in [5.74, 6) is 1.47. The zero-order valence-corrected chi connectivity index (χ0v) is 4.94. The molecule has 1 atom stereocenters. The van der Waals surface area contributed by atoms with Gasteiger partial charge in [-0.15, -0.1) is 9.24 Å². The number of hydrogen-bond donors (Lipinski definition) is 0. The molecule has 0 rings (SSSR count). The maximum Gasteiger partial charge on any atom is -0.0265 e. The quantitative estimate of drug-likeness (QED) is 0.427. The molecule has 0 aromatic heterocycles. The maximum absolute atomic E-state index is 2.66. The van der Waals surface area contributed by atoms with E-state index in [9.17, 15) is 0 Å². The van der Waals surface area contributed by atoms with Gasteiger partial charge >= 0.3 is 0 Å². The van der Waals surface area contributed by atoms with E-state index in [-0.39, 0.29) is 0 Å². The van der Waals surface area contributed by atoms with Crippen molar-refractivity contribution in [3.8, 4) is 0 Å². The molecule has 0 bridgehead atoms. The molecule has 1 radical (unpaired) electrons. The first kappa shape index (κ1) is 5.43. The van der Waals surface area contributed by atoms with Crippen LogP contribution in [-0.4, -0.2) is 6.16 Å². The Hall–Kier alpha value is 0.430. The lowest BCUT2D eigenvalue weighted by Crippen LogP contribution is -1.78. The Morgan fingerprint density at radius 2 is 1.80 bits per heavy atom. The lowest BCUT2D eigenvalue weighted by atomic mass is 10.3. The Balaban J connectivity index is 2.54. The molecule has 0 aliphatic heterocycles. The van der Waals surface area contributed by atoms with Crippen LogP contribution in [0.25, 0.3) is 0 Å². The largest absolute Gasteiger partial charge is 0.137 e. The molecule has 0 heterocycles. The van der Waals surface area contributed by atoms with E-state index in [4.69, 9.17) is 0 Å². The molecule has 0 saturated heterocycles. The molecule has 0 aliphatic carbocycles. The van der Waals surface area contributed by atoms with Crippen LogP contribution in [0.4, 0.5) is 0 Å². The normalized spacial score (nSPS) is 9.60. The van der Waals surface area contributed by atoms with E-state index < -0.39 is 0 Å². The van der Waals surface area contributed by atoms with Crippen LogP contribution in [0.3, 0.4) is 0 Å². The summed E-state index contributed by atoms with van der Waals surface area (Å²) in [7, 11) is 2.66. The third-order valence-corrected chi connectivity index (χ3v) is 1.22. The fourth-order valence-electron chi connectivity index (χ4n) is 0. The highest BCUT2D eigenvalue weighted by Crippen LogP contribution is 1.97. The lowest BCUT2D eigenvalue weighted by molar-refractivity contribution is 1.12. The first-order valence-electron chi connectivity index (χ1n) is 1.76. The Labute approximate surface area is 36.2 Å². The zero-order valence-electron chi connectivity index (χ0n) is 3.78. The van der Waals surface area contributed by atoms with Crippen LogP contribution in [0.2, 0.25) is 0 Å². The summed E-state index contributed by atoms with van der Waals surface area (Å²) in [5.41, 5.74) is 0. The van der Waals surface area contributed by atoms with Crippen molar-refractivity contribution >= 4 is 9.24 Å². The summed E-state index contributed by atoms with van der Waals surface area (Å²) in [5, 5.41) is 0. The van der Waals surface area contributed by atoms with Crippen molar-refractivity contribution in [3.63, 3.8) is 0 Å². The van der Waals surface area contributed by atoms with Gasteiger partial charge in [-0.25, -0.2) is 0 Å². The van der Waals surface area contributed by atoms with Gasteiger partial charge in [0.05, 0.1) is 0 Å². The summed E-state index contributed by atoms with van der Waals surface area (Å²) < 4.78 is 0. The second-order valence-electron chi connectivity index (χ2n) is 1.41. The third kappa shape index (κ3) is 4.43. The van der Waals surface area contributed by atoms with Gasteiger partial charge in [0.15, 0.2) is 0 Å². The molecule has 31 valence electrons. The van der Waals surface area contributed by atoms with Gasteiger partial charge in [0, 0.05) is 0 Å². The highest BCUT2D eigenvalue weighted by Gasteiger charge is 1.81. The van der Waals surface area contributed by atoms with Crippen LogP contribution in [0.1, 0.15) is 13.8 Å². The summed E-state index contributed by atoms with van der Waals surface area (Å²) in [6.45, 7) is 4.24. The van der Waals surface area contributed by atoms with E-state index in [1.165, 1.54) is 5.92 Å². The molecule has 1 heteroatoms. The summed E-state index contributed by atoms with van der Waals surface area (Å²) in [6.07, 6.45) is 1.14. The molecule has 0 saturated carbocycles. The number of rotatable bonds is 1. The minimum Gasteiger partial charge on any atom is -0.137 e. The molecular weight excluding hydrogens is 79.0 g/mol. The van der Waals surface area contributed by atoms with E-state index in [0.29, 0.717) is 0 Å². The van der Waals surface area contributed by atoms with E-state index >= 15 is 0 Å². The standard InChI is InChI=1S/C4H10P/c1-4(2)3-5/h3,5H2,1-2H3. The molecule has 0 fully saturated rings. The van der Waals surface area contributed by atoms with Crippen molar-refractivity contribution in [3.05, 3.63) is 5.92 Å². The maximum atomic E-state index is 2.66. The highest BCUT2D eigenvalue weighted by atomic mass is 31.0. The second kappa shape index (κ2) is 2.66. The molecule has 0 aliphatic rings. The van der Waals surface area contributed by atoms with Gasteiger partial charge in [-0.1, -0.05) is 13.8 Å². The molecular formula is C4H10P. The van der Waals surface area contributed by atoms with E-state index in [0.717, 1.165) is 6.16 Å². The lowest BCUT2D eigenvalue weighted by Gasteiger charge is -1.89. The minimum absolute atomic E-state index is 1.14. The topological polar surface area (TPSA) is 0 Å². The van der Waals surface area contributed by atoms with Gasteiger partial charge < -0.3 is 0 Å². The average molecular weight is 89.1 g/mol. The molecule has 0 N–H and O–H groups in total. The predicted octanol–water partition coefficient (Wildman–Crippen LogP) is 1.48. The SMILES string of the molecule is C[C](C)CP. The van der Waals surface area contributed by atoms with Crippen molar-refractivity contribution in [1.82, 2.24) is 0 Å². The number of hydrogen-bond acceptors (Lipinski definition) is 0. The van der Waals surface area contributed by atoms with Crippen LogP contribution < -0.4 is 0 Å². The molecule has 0 spiro atoms. The van der Waals surface area contributed by atoms with E-state index in [2.05, 4.69) is 23.1 Å². The highest BCUT2D eigenvalue weighted by molar-refractivity contribution is 7.16. The van der Waals surface area contributed by atoms with Crippen molar-refractivity contribution in [2.75, 3.05) is 6.16 Å². The summed E-state index contributed by atoms with van der Waals surface area (Å²) in [4.78, 5) is 0. The Bertz CT molecular complexity index is 17.6. The van der Waals surface area contributed by atoms with Crippen molar-refractivity contribution in [2.45, 2.75) is 13.8 Å². The van der Waals surface area contributed by atoms with Gasteiger partial charge in [0.1, 0.15) is 0 Å². The monoisotopic (exact) mass is 89.1 g/mol. The molecule has 5 heavy (non-hydrogen) atoms. The molecule has 0 aromatic rings. The minimum atomic E-state index is 1.14.